The summed E-state index contributed by atoms with van der Waals surface area (Å²) in [6.45, 7) is 6.69. The van der Waals surface area contributed by atoms with Crippen LogP contribution in [0.1, 0.15) is 22.3 Å². The van der Waals surface area contributed by atoms with Crippen molar-refractivity contribution < 1.29 is 19.1 Å². The lowest BCUT2D eigenvalue weighted by Gasteiger charge is -2.35. The zero-order chi connectivity index (χ0) is 20.5. The molecule has 1 fully saturated rings. The fourth-order valence-electron chi connectivity index (χ4n) is 4.45. The van der Waals surface area contributed by atoms with E-state index < -0.39 is 0 Å². The molecule has 30 heavy (non-hydrogen) atoms. The second-order valence-electron chi connectivity index (χ2n) is 8.05. The number of hydrogen-bond acceptors (Lipinski definition) is 7. The molecule has 0 amide bonds. The molecule has 3 aliphatic rings. The molecule has 0 unspecified atom stereocenters. The molecule has 0 bridgehead atoms. The Kier molecular flexibility index (Phi) is 5.28. The molecular weight excluding hydrogens is 386 g/mol. The molecule has 158 valence electrons. The van der Waals surface area contributed by atoms with Gasteiger partial charge in [-0.15, -0.1) is 0 Å². The second-order valence-corrected chi connectivity index (χ2v) is 8.05. The maximum atomic E-state index is 11.3. The molecule has 0 atom stereocenters. The topological polar surface area (TPSA) is 77.3 Å². The van der Waals surface area contributed by atoms with Gasteiger partial charge >= 0.3 is 0 Å². The normalized spacial score (nSPS) is 18.9. The third-order valence-electron chi connectivity index (χ3n) is 6.00. The van der Waals surface area contributed by atoms with Gasteiger partial charge in [0.2, 0.25) is 0 Å². The summed E-state index contributed by atoms with van der Waals surface area (Å²) in [6.07, 6.45) is 0.998. The first-order chi connectivity index (χ1) is 14.7. The summed E-state index contributed by atoms with van der Waals surface area (Å²) in [5.41, 5.74) is 4.36. The van der Waals surface area contributed by atoms with Gasteiger partial charge in [0.1, 0.15) is 11.5 Å². The summed E-state index contributed by atoms with van der Waals surface area (Å²) in [5, 5.41) is 11.3. The highest BCUT2D eigenvalue weighted by Gasteiger charge is 2.24. The van der Waals surface area contributed by atoms with E-state index in [-0.39, 0.29) is 17.4 Å². The Hall–Kier alpha value is -2.68. The van der Waals surface area contributed by atoms with Gasteiger partial charge in [-0.2, -0.15) is 0 Å². The van der Waals surface area contributed by atoms with Crippen LogP contribution in [0.4, 0.5) is 5.69 Å². The number of nitro groups is 1. The summed E-state index contributed by atoms with van der Waals surface area (Å²) >= 11 is 0. The van der Waals surface area contributed by atoms with Crippen LogP contribution in [-0.4, -0.2) is 54.3 Å². The maximum Gasteiger partial charge on any atom is 0.270 e. The van der Waals surface area contributed by atoms with Gasteiger partial charge in [0.25, 0.3) is 5.69 Å². The van der Waals surface area contributed by atoms with Crippen molar-refractivity contribution in [2.24, 2.45) is 0 Å². The molecular formula is C22H25N3O5. The smallest absolute Gasteiger partial charge is 0.270 e. The Bertz CT molecular complexity index is 956. The van der Waals surface area contributed by atoms with E-state index in [0.717, 1.165) is 68.4 Å². The van der Waals surface area contributed by atoms with Crippen molar-refractivity contribution >= 4 is 5.69 Å². The van der Waals surface area contributed by atoms with E-state index in [2.05, 4.69) is 28.0 Å². The molecule has 0 saturated carbocycles. The van der Waals surface area contributed by atoms with Crippen LogP contribution in [0.15, 0.2) is 30.3 Å². The zero-order valence-electron chi connectivity index (χ0n) is 16.8. The first-order valence-electron chi connectivity index (χ1n) is 10.4. The van der Waals surface area contributed by atoms with Crippen molar-refractivity contribution in [1.82, 2.24) is 9.80 Å². The molecule has 0 spiro atoms. The number of benzene rings is 2. The van der Waals surface area contributed by atoms with Crippen LogP contribution in [-0.2, 0) is 30.9 Å². The van der Waals surface area contributed by atoms with Crippen LogP contribution in [0.5, 0.6) is 11.5 Å². The van der Waals surface area contributed by atoms with Gasteiger partial charge in [-0.25, -0.2) is 0 Å². The number of nitro benzene ring substituents is 1. The van der Waals surface area contributed by atoms with Crippen LogP contribution >= 0.6 is 0 Å². The quantitative estimate of drug-likeness (QED) is 0.553. The molecule has 5 rings (SSSR count). The summed E-state index contributed by atoms with van der Waals surface area (Å²) in [7, 11) is 0. The lowest BCUT2D eigenvalue weighted by atomic mass is 10.1. The summed E-state index contributed by atoms with van der Waals surface area (Å²) in [4.78, 5) is 15.8. The largest absolute Gasteiger partial charge is 0.493 e. The van der Waals surface area contributed by atoms with E-state index in [9.17, 15) is 10.1 Å². The fourth-order valence-corrected chi connectivity index (χ4v) is 4.45. The molecule has 0 aliphatic carbocycles. The van der Waals surface area contributed by atoms with Crippen molar-refractivity contribution in [3.8, 4) is 11.5 Å². The minimum absolute atomic E-state index is 0.0945. The minimum atomic E-state index is -0.349. The molecule has 8 heteroatoms. The minimum Gasteiger partial charge on any atom is -0.493 e. The monoisotopic (exact) mass is 411 g/mol. The number of ether oxygens (including phenoxy) is 3. The van der Waals surface area contributed by atoms with Crippen LogP contribution in [0.2, 0.25) is 0 Å². The van der Waals surface area contributed by atoms with Crippen LogP contribution in [0, 0.1) is 10.1 Å². The van der Waals surface area contributed by atoms with E-state index >= 15 is 0 Å². The molecule has 0 aromatic heterocycles. The van der Waals surface area contributed by atoms with Crippen LogP contribution in [0.25, 0.3) is 0 Å². The van der Waals surface area contributed by atoms with Crippen molar-refractivity contribution in [2.45, 2.75) is 26.1 Å². The van der Waals surface area contributed by atoms with Gasteiger partial charge < -0.3 is 14.2 Å². The number of fused-ring (bicyclic) bond motifs is 2. The zero-order valence-corrected chi connectivity index (χ0v) is 16.8. The molecule has 2 aromatic rings. The number of non-ortho nitro benzene ring substituents is 1. The molecule has 0 radical (unpaired) electrons. The predicted molar refractivity (Wildman–Crippen MR) is 110 cm³/mol. The number of hydrogen-bond donors (Lipinski definition) is 0. The lowest BCUT2D eigenvalue weighted by molar-refractivity contribution is -0.385. The van der Waals surface area contributed by atoms with Crippen molar-refractivity contribution in [2.75, 3.05) is 39.6 Å². The third-order valence-corrected chi connectivity index (χ3v) is 6.00. The Balaban J connectivity index is 1.22. The number of piperazine rings is 1. The van der Waals surface area contributed by atoms with Gasteiger partial charge in [-0.05, 0) is 17.2 Å². The van der Waals surface area contributed by atoms with Crippen molar-refractivity contribution in [1.29, 1.82) is 0 Å². The Labute approximate surface area is 175 Å². The second kappa shape index (κ2) is 8.22. The highest BCUT2D eigenvalue weighted by Crippen LogP contribution is 2.33. The fraction of sp³-hybridized carbons (Fsp3) is 0.455. The van der Waals surface area contributed by atoms with Gasteiger partial charge in [-0.3, -0.25) is 19.9 Å². The van der Waals surface area contributed by atoms with Crippen LogP contribution < -0.4 is 9.47 Å². The molecule has 3 aliphatic heterocycles. The highest BCUT2D eigenvalue weighted by molar-refractivity contribution is 5.50. The summed E-state index contributed by atoms with van der Waals surface area (Å²) in [5.74, 6) is 1.77. The summed E-state index contributed by atoms with van der Waals surface area (Å²) < 4.78 is 16.6. The summed E-state index contributed by atoms with van der Waals surface area (Å²) in [6, 6.07) is 9.71. The van der Waals surface area contributed by atoms with E-state index in [0.29, 0.717) is 13.2 Å². The van der Waals surface area contributed by atoms with Gasteiger partial charge in [0, 0.05) is 68.9 Å². The van der Waals surface area contributed by atoms with E-state index in [4.69, 9.17) is 14.2 Å². The maximum absolute atomic E-state index is 11.3. The van der Waals surface area contributed by atoms with E-state index in [1.165, 1.54) is 11.1 Å². The Morgan fingerprint density at radius 3 is 2.57 bits per heavy atom. The van der Waals surface area contributed by atoms with Crippen molar-refractivity contribution in [3.63, 3.8) is 0 Å². The van der Waals surface area contributed by atoms with Gasteiger partial charge in [0.15, 0.2) is 6.79 Å². The van der Waals surface area contributed by atoms with E-state index in [1.54, 1.807) is 12.1 Å². The lowest BCUT2D eigenvalue weighted by Crippen LogP contribution is -2.45. The van der Waals surface area contributed by atoms with Crippen LogP contribution in [0.3, 0.4) is 0 Å². The molecule has 8 nitrogen and oxygen atoms in total. The SMILES string of the molecule is O=[N+]([O-])c1cc2c(c(CN3CCN(Cc4ccc5c(c4)CCO5)CC3)c1)OCOC2. The molecule has 3 heterocycles. The number of nitrogens with zero attached hydrogens (tertiary/aromatic N) is 3. The Morgan fingerprint density at radius 2 is 1.77 bits per heavy atom. The van der Waals surface area contributed by atoms with Gasteiger partial charge in [-0.1, -0.05) is 12.1 Å². The molecule has 1 saturated heterocycles. The van der Waals surface area contributed by atoms with Crippen molar-refractivity contribution in [3.05, 3.63) is 62.7 Å². The predicted octanol–water partition coefficient (Wildman–Crippen LogP) is 2.71. The van der Waals surface area contributed by atoms with Gasteiger partial charge in [0.05, 0.1) is 18.1 Å². The average molecular weight is 411 g/mol. The first kappa shape index (κ1) is 19.3. The molecule has 2 aromatic carbocycles. The molecule has 0 N–H and O–H groups in total. The van der Waals surface area contributed by atoms with E-state index in [1.807, 2.05) is 0 Å². The standard InChI is InChI=1S/C22H25N3O5/c26-25(27)20-10-18(22-19(11-20)14-28-15-30-22)13-24-6-4-23(5-7-24)12-16-1-2-21-17(9-16)3-8-29-21/h1-2,9-11H,3-8,12-15H2. The Morgan fingerprint density at radius 1 is 0.967 bits per heavy atom. The average Bonchev–Trinajstić information content (AvgIpc) is 3.23. The third kappa shape index (κ3) is 3.98. The highest BCUT2D eigenvalue weighted by atomic mass is 16.7. The number of rotatable bonds is 5. The first-order valence-corrected chi connectivity index (χ1v) is 10.4.